The van der Waals surface area contributed by atoms with E-state index in [-0.39, 0.29) is 6.04 Å². The molecule has 0 aliphatic carbocycles. The SMILES string of the molecule is CCCC(CCC)C(N)Cc1nc(C)c(C)s1. The third-order valence-electron chi connectivity index (χ3n) is 3.41. The van der Waals surface area contributed by atoms with Crippen LogP contribution in [0.1, 0.15) is 55.1 Å². The van der Waals surface area contributed by atoms with Crippen LogP contribution in [0.25, 0.3) is 0 Å². The molecule has 0 radical (unpaired) electrons. The molecule has 0 spiro atoms. The van der Waals surface area contributed by atoms with Crippen molar-refractivity contribution in [2.24, 2.45) is 11.7 Å². The lowest BCUT2D eigenvalue weighted by Crippen LogP contribution is -2.32. The summed E-state index contributed by atoms with van der Waals surface area (Å²) in [5, 5.41) is 1.21. The maximum Gasteiger partial charge on any atom is 0.0946 e. The van der Waals surface area contributed by atoms with Gasteiger partial charge < -0.3 is 5.73 Å². The van der Waals surface area contributed by atoms with Gasteiger partial charge in [-0.3, -0.25) is 0 Å². The standard InChI is InChI=1S/C14H26N2S/c1-5-7-12(8-6-2)13(15)9-14-16-10(3)11(4)17-14/h12-13H,5-9,15H2,1-4H3. The average Bonchev–Trinajstić information content (AvgIpc) is 2.57. The van der Waals surface area contributed by atoms with Crippen molar-refractivity contribution in [1.29, 1.82) is 0 Å². The summed E-state index contributed by atoms with van der Waals surface area (Å²) < 4.78 is 0. The second-order valence-electron chi connectivity index (χ2n) is 4.95. The Balaban J connectivity index is 2.58. The lowest BCUT2D eigenvalue weighted by Gasteiger charge is -2.22. The van der Waals surface area contributed by atoms with Crippen molar-refractivity contribution in [3.8, 4) is 0 Å². The lowest BCUT2D eigenvalue weighted by molar-refractivity contribution is 0.359. The predicted octanol–water partition coefficient (Wildman–Crippen LogP) is 3.85. The smallest absolute Gasteiger partial charge is 0.0946 e. The van der Waals surface area contributed by atoms with Gasteiger partial charge in [0.2, 0.25) is 0 Å². The first-order valence-electron chi connectivity index (χ1n) is 6.76. The van der Waals surface area contributed by atoms with Crippen LogP contribution in [-0.2, 0) is 6.42 Å². The number of hydrogen-bond acceptors (Lipinski definition) is 3. The Kier molecular flexibility index (Phi) is 6.14. The average molecular weight is 254 g/mol. The Morgan fingerprint density at radius 2 is 1.76 bits per heavy atom. The molecule has 1 heterocycles. The van der Waals surface area contributed by atoms with Crippen molar-refractivity contribution in [3.05, 3.63) is 15.6 Å². The Bertz CT molecular complexity index is 307. The number of nitrogens with zero attached hydrogens (tertiary/aromatic N) is 1. The molecule has 1 unspecified atom stereocenters. The van der Waals surface area contributed by atoms with E-state index in [4.69, 9.17) is 5.73 Å². The number of nitrogens with two attached hydrogens (primary N) is 1. The van der Waals surface area contributed by atoms with Crippen LogP contribution >= 0.6 is 11.3 Å². The van der Waals surface area contributed by atoms with Gasteiger partial charge in [0.25, 0.3) is 0 Å². The van der Waals surface area contributed by atoms with E-state index in [0.717, 1.165) is 6.42 Å². The van der Waals surface area contributed by atoms with E-state index in [1.54, 1.807) is 11.3 Å². The van der Waals surface area contributed by atoms with Crippen molar-refractivity contribution < 1.29 is 0 Å². The molecule has 0 saturated carbocycles. The molecule has 2 nitrogen and oxygen atoms in total. The molecule has 1 aromatic heterocycles. The molecule has 0 bridgehead atoms. The van der Waals surface area contributed by atoms with Crippen LogP contribution in [-0.4, -0.2) is 11.0 Å². The summed E-state index contributed by atoms with van der Waals surface area (Å²) >= 11 is 1.81. The Morgan fingerprint density at radius 1 is 1.18 bits per heavy atom. The van der Waals surface area contributed by atoms with E-state index >= 15 is 0 Å². The van der Waals surface area contributed by atoms with Gasteiger partial charge in [-0.1, -0.05) is 26.7 Å². The van der Waals surface area contributed by atoms with E-state index in [1.807, 2.05) is 0 Å². The fourth-order valence-electron chi connectivity index (χ4n) is 2.31. The number of rotatable bonds is 7. The molecule has 1 aromatic rings. The highest BCUT2D eigenvalue weighted by atomic mass is 32.1. The Hall–Kier alpha value is -0.410. The van der Waals surface area contributed by atoms with Gasteiger partial charge in [0.05, 0.1) is 10.7 Å². The van der Waals surface area contributed by atoms with Gasteiger partial charge in [-0.25, -0.2) is 4.98 Å². The second-order valence-corrected chi connectivity index (χ2v) is 6.24. The van der Waals surface area contributed by atoms with Gasteiger partial charge in [0.15, 0.2) is 0 Å². The van der Waals surface area contributed by atoms with Gasteiger partial charge >= 0.3 is 0 Å². The summed E-state index contributed by atoms with van der Waals surface area (Å²) in [7, 11) is 0. The highest BCUT2D eigenvalue weighted by molar-refractivity contribution is 7.11. The lowest BCUT2D eigenvalue weighted by atomic mass is 9.89. The van der Waals surface area contributed by atoms with Crippen LogP contribution in [0.3, 0.4) is 0 Å². The molecule has 2 N–H and O–H groups in total. The van der Waals surface area contributed by atoms with Crippen molar-refractivity contribution in [2.45, 2.75) is 65.8 Å². The monoisotopic (exact) mass is 254 g/mol. The summed E-state index contributed by atoms with van der Waals surface area (Å²) in [6, 6.07) is 0.278. The van der Waals surface area contributed by atoms with Crippen molar-refractivity contribution in [3.63, 3.8) is 0 Å². The zero-order valence-electron chi connectivity index (χ0n) is 11.6. The van der Waals surface area contributed by atoms with E-state index in [2.05, 4.69) is 32.7 Å². The van der Waals surface area contributed by atoms with E-state index in [1.165, 1.54) is 41.3 Å². The summed E-state index contributed by atoms with van der Waals surface area (Å²) in [6.45, 7) is 8.70. The molecule has 0 aliphatic heterocycles. The highest BCUT2D eigenvalue weighted by Crippen LogP contribution is 2.23. The molecule has 1 atom stereocenters. The van der Waals surface area contributed by atoms with E-state index < -0.39 is 0 Å². The molecule has 0 fully saturated rings. The van der Waals surface area contributed by atoms with Crippen LogP contribution in [0.15, 0.2) is 0 Å². The fraction of sp³-hybridized carbons (Fsp3) is 0.786. The van der Waals surface area contributed by atoms with Crippen LogP contribution < -0.4 is 5.73 Å². The summed E-state index contributed by atoms with van der Waals surface area (Å²) in [5.41, 5.74) is 7.51. The van der Waals surface area contributed by atoms with Crippen LogP contribution in [0.4, 0.5) is 0 Å². The maximum atomic E-state index is 6.35. The molecule has 98 valence electrons. The van der Waals surface area contributed by atoms with Crippen molar-refractivity contribution in [2.75, 3.05) is 0 Å². The highest BCUT2D eigenvalue weighted by Gasteiger charge is 2.18. The summed E-state index contributed by atoms with van der Waals surface area (Å²) in [5.74, 6) is 0.662. The molecule has 0 saturated heterocycles. The van der Waals surface area contributed by atoms with Crippen LogP contribution in [0.2, 0.25) is 0 Å². The van der Waals surface area contributed by atoms with Gasteiger partial charge in [-0.05, 0) is 32.6 Å². The number of aryl methyl sites for hydroxylation is 2. The van der Waals surface area contributed by atoms with Gasteiger partial charge in [0, 0.05) is 17.3 Å². The third-order valence-corrected chi connectivity index (χ3v) is 4.50. The molecular formula is C14H26N2S. The molecule has 0 aromatic carbocycles. The molecule has 17 heavy (non-hydrogen) atoms. The van der Waals surface area contributed by atoms with Crippen molar-refractivity contribution in [1.82, 2.24) is 4.98 Å². The zero-order chi connectivity index (χ0) is 12.8. The largest absolute Gasteiger partial charge is 0.327 e. The first-order valence-corrected chi connectivity index (χ1v) is 7.58. The topological polar surface area (TPSA) is 38.9 Å². The molecule has 0 amide bonds. The minimum Gasteiger partial charge on any atom is -0.327 e. The van der Waals surface area contributed by atoms with Gasteiger partial charge in [-0.2, -0.15) is 0 Å². The maximum absolute atomic E-state index is 6.35. The fourth-order valence-corrected chi connectivity index (χ4v) is 3.31. The van der Waals surface area contributed by atoms with Crippen LogP contribution in [0.5, 0.6) is 0 Å². The number of aromatic nitrogens is 1. The first kappa shape index (κ1) is 14.7. The zero-order valence-corrected chi connectivity index (χ0v) is 12.4. The number of thiazole rings is 1. The Morgan fingerprint density at radius 3 is 2.18 bits per heavy atom. The number of hydrogen-bond donors (Lipinski definition) is 1. The van der Waals surface area contributed by atoms with E-state index in [9.17, 15) is 0 Å². The van der Waals surface area contributed by atoms with Gasteiger partial charge in [-0.15, -0.1) is 11.3 Å². The third kappa shape index (κ3) is 4.40. The summed E-state index contributed by atoms with van der Waals surface area (Å²) in [4.78, 5) is 5.92. The van der Waals surface area contributed by atoms with E-state index in [0.29, 0.717) is 5.92 Å². The summed E-state index contributed by atoms with van der Waals surface area (Å²) in [6.07, 6.45) is 5.91. The van der Waals surface area contributed by atoms with Crippen molar-refractivity contribution >= 4 is 11.3 Å². The Labute approximate surface area is 110 Å². The normalized spacial score (nSPS) is 13.3. The first-order chi connectivity index (χ1) is 8.08. The molecule has 3 heteroatoms. The quantitative estimate of drug-likeness (QED) is 0.803. The molecular weight excluding hydrogens is 228 g/mol. The minimum atomic E-state index is 0.278. The molecule has 0 aliphatic rings. The predicted molar refractivity (Wildman–Crippen MR) is 76.6 cm³/mol. The van der Waals surface area contributed by atoms with Crippen LogP contribution in [0, 0.1) is 19.8 Å². The molecule has 1 rings (SSSR count). The minimum absolute atomic E-state index is 0.278. The second kappa shape index (κ2) is 7.12. The van der Waals surface area contributed by atoms with Gasteiger partial charge in [0.1, 0.15) is 0 Å².